The van der Waals surface area contributed by atoms with E-state index in [4.69, 9.17) is 0 Å². The number of hydrogen-bond donors (Lipinski definition) is 1. The summed E-state index contributed by atoms with van der Waals surface area (Å²) in [4.78, 5) is 2.58. The molecule has 1 rings (SSSR count). The third kappa shape index (κ3) is 5.25. The van der Waals surface area contributed by atoms with Crippen LogP contribution in [-0.4, -0.2) is 34.7 Å². The molecule has 1 aliphatic rings. The minimum atomic E-state index is -0.127. The van der Waals surface area contributed by atoms with E-state index in [9.17, 15) is 5.11 Å². The van der Waals surface area contributed by atoms with E-state index in [0.717, 1.165) is 18.9 Å². The fourth-order valence-corrected chi connectivity index (χ4v) is 3.84. The number of unbranched alkanes of at least 4 members (excludes halogenated alkanes) is 2. The molecule has 126 valence electrons. The Morgan fingerprint density at radius 3 is 2.33 bits per heavy atom. The second-order valence-corrected chi connectivity index (χ2v) is 8.03. The van der Waals surface area contributed by atoms with E-state index in [1.807, 2.05) is 0 Å². The van der Waals surface area contributed by atoms with E-state index >= 15 is 0 Å². The van der Waals surface area contributed by atoms with Crippen LogP contribution < -0.4 is 0 Å². The van der Waals surface area contributed by atoms with Crippen LogP contribution in [-0.2, 0) is 0 Å². The minimum Gasteiger partial charge on any atom is -0.391 e. The zero-order valence-electron chi connectivity index (χ0n) is 15.4. The van der Waals surface area contributed by atoms with Crippen molar-refractivity contribution in [1.82, 2.24) is 4.90 Å². The number of nitrogens with zero attached hydrogens (tertiary/aromatic N) is 1. The lowest BCUT2D eigenvalue weighted by molar-refractivity contribution is -0.0323. The highest BCUT2D eigenvalue weighted by Crippen LogP contribution is 2.42. The van der Waals surface area contributed by atoms with Crippen LogP contribution in [0.1, 0.15) is 86.5 Å². The van der Waals surface area contributed by atoms with Gasteiger partial charge < -0.3 is 5.11 Å². The standard InChI is InChI=1S/C19H39NO/c1-7-9-10-13-20(15(3)4)17-14-16(11-12-18(17)21)19(5,6)8-2/h15-18,21H,7-14H2,1-6H3. The molecule has 0 bridgehead atoms. The summed E-state index contributed by atoms with van der Waals surface area (Å²) < 4.78 is 0. The van der Waals surface area contributed by atoms with Gasteiger partial charge >= 0.3 is 0 Å². The van der Waals surface area contributed by atoms with Crippen molar-refractivity contribution in [3.63, 3.8) is 0 Å². The van der Waals surface area contributed by atoms with E-state index in [2.05, 4.69) is 46.4 Å². The predicted molar refractivity (Wildman–Crippen MR) is 92.6 cm³/mol. The van der Waals surface area contributed by atoms with E-state index in [1.54, 1.807) is 0 Å². The Labute approximate surface area is 133 Å². The van der Waals surface area contributed by atoms with Gasteiger partial charge in [0.15, 0.2) is 0 Å². The van der Waals surface area contributed by atoms with Gasteiger partial charge in [-0.2, -0.15) is 0 Å². The summed E-state index contributed by atoms with van der Waals surface area (Å²) in [5.41, 5.74) is 0.407. The monoisotopic (exact) mass is 297 g/mol. The van der Waals surface area contributed by atoms with Crippen LogP contribution in [0.5, 0.6) is 0 Å². The minimum absolute atomic E-state index is 0.127. The first-order valence-corrected chi connectivity index (χ1v) is 9.27. The molecule has 1 N–H and O–H groups in total. The van der Waals surface area contributed by atoms with Crippen LogP contribution in [0.4, 0.5) is 0 Å². The van der Waals surface area contributed by atoms with Crippen LogP contribution in [0.15, 0.2) is 0 Å². The molecule has 0 amide bonds. The molecule has 2 nitrogen and oxygen atoms in total. The normalized spacial score (nSPS) is 27.6. The van der Waals surface area contributed by atoms with E-state index in [-0.39, 0.29) is 6.10 Å². The molecular formula is C19H39NO. The molecule has 21 heavy (non-hydrogen) atoms. The molecule has 1 aliphatic carbocycles. The summed E-state index contributed by atoms with van der Waals surface area (Å²) in [5.74, 6) is 0.753. The van der Waals surface area contributed by atoms with E-state index in [1.165, 1.54) is 38.5 Å². The molecule has 1 saturated carbocycles. The Morgan fingerprint density at radius 1 is 1.14 bits per heavy atom. The van der Waals surface area contributed by atoms with Crippen molar-refractivity contribution in [3.05, 3.63) is 0 Å². The van der Waals surface area contributed by atoms with Crippen LogP contribution in [0.3, 0.4) is 0 Å². The lowest BCUT2D eigenvalue weighted by Gasteiger charge is -2.47. The predicted octanol–water partition coefficient (Wildman–Crippen LogP) is 4.85. The van der Waals surface area contributed by atoms with Gasteiger partial charge in [-0.1, -0.05) is 47.0 Å². The van der Waals surface area contributed by atoms with Crippen molar-refractivity contribution in [2.75, 3.05) is 6.54 Å². The molecule has 3 atom stereocenters. The fraction of sp³-hybridized carbons (Fsp3) is 1.00. The van der Waals surface area contributed by atoms with Crippen molar-refractivity contribution < 1.29 is 5.11 Å². The lowest BCUT2D eigenvalue weighted by Crippen LogP contribution is -2.52. The Morgan fingerprint density at radius 2 is 1.81 bits per heavy atom. The van der Waals surface area contributed by atoms with Gasteiger partial charge in [-0.15, -0.1) is 0 Å². The summed E-state index contributed by atoms with van der Waals surface area (Å²) >= 11 is 0. The molecule has 0 aliphatic heterocycles. The quantitative estimate of drug-likeness (QED) is 0.647. The second-order valence-electron chi connectivity index (χ2n) is 8.03. The summed E-state index contributed by atoms with van der Waals surface area (Å²) in [6, 6.07) is 0.899. The Bertz CT molecular complexity index is 287. The molecule has 0 aromatic rings. The third-order valence-electron chi connectivity index (χ3n) is 5.91. The third-order valence-corrected chi connectivity index (χ3v) is 5.91. The second kappa shape index (κ2) is 8.53. The summed E-state index contributed by atoms with van der Waals surface area (Å²) in [6.45, 7) is 15.1. The van der Waals surface area contributed by atoms with Gasteiger partial charge in [0, 0.05) is 12.1 Å². The molecule has 3 unspecified atom stereocenters. The van der Waals surface area contributed by atoms with E-state index in [0.29, 0.717) is 17.5 Å². The van der Waals surface area contributed by atoms with Crippen molar-refractivity contribution in [1.29, 1.82) is 0 Å². The molecular weight excluding hydrogens is 258 g/mol. The van der Waals surface area contributed by atoms with Crippen LogP contribution in [0.2, 0.25) is 0 Å². The molecule has 0 radical (unpaired) electrons. The summed E-state index contributed by atoms with van der Waals surface area (Å²) in [6.07, 6.45) is 8.29. The maximum atomic E-state index is 10.6. The number of aliphatic hydroxyl groups is 1. The highest BCUT2D eigenvalue weighted by atomic mass is 16.3. The molecule has 0 heterocycles. The van der Waals surface area contributed by atoms with Gasteiger partial charge in [-0.25, -0.2) is 0 Å². The van der Waals surface area contributed by atoms with Gasteiger partial charge in [-0.3, -0.25) is 4.90 Å². The molecule has 0 spiro atoms. The Hall–Kier alpha value is -0.0800. The van der Waals surface area contributed by atoms with Crippen molar-refractivity contribution >= 4 is 0 Å². The number of rotatable bonds is 8. The maximum absolute atomic E-state index is 10.6. The summed E-state index contributed by atoms with van der Waals surface area (Å²) in [7, 11) is 0. The molecule has 0 saturated heterocycles. The zero-order valence-corrected chi connectivity index (χ0v) is 15.4. The van der Waals surface area contributed by atoms with Crippen molar-refractivity contribution in [2.45, 2.75) is 105 Å². The van der Waals surface area contributed by atoms with Gasteiger partial charge in [0.1, 0.15) is 0 Å². The molecule has 2 heteroatoms. The SMILES string of the molecule is CCCCCN(C(C)C)C1CC(C(C)(C)CC)CCC1O. The maximum Gasteiger partial charge on any atom is 0.0695 e. The van der Waals surface area contributed by atoms with Crippen LogP contribution >= 0.6 is 0 Å². The Kier molecular flexibility index (Phi) is 7.70. The highest BCUT2D eigenvalue weighted by Gasteiger charge is 2.39. The first kappa shape index (κ1) is 19.0. The van der Waals surface area contributed by atoms with Crippen LogP contribution in [0, 0.1) is 11.3 Å². The average Bonchev–Trinajstić information content (AvgIpc) is 2.44. The van der Waals surface area contributed by atoms with Gasteiger partial charge in [0.05, 0.1) is 6.10 Å². The number of aliphatic hydroxyl groups excluding tert-OH is 1. The van der Waals surface area contributed by atoms with Gasteiger partial charge in [0.2, 0.25) is 0 Å². The van der Waals surface area contributed by atoms with Gasteiger partial charge in [-0.05, 0) is 57.4 Å². The van der Waals surface area contributed by atoms with Crippen molar-refractivity contribution in [3.8, 4) is 0 Å². The summed E-state index contributed by atoms with van der Waals surface area (Å²) in [5, 5.41) is 10.6. The molecule has 0 aromatic carbocycles. The fourth-order valence-electron chi connectivity index (χ4n) is 3.84. The smallest absolute Gasteiger partial charge is 0.0695 e. The van der Waals surface area contributed by atoms with Crippen molar-refractivity contribution in [2.24, 2.45) is 11.3 Å². The zero-order chi connectivity index (χ0) is 16.0. The topological polar surface area (TPSA) is 23.5 Å². The van der Waals surface area contributed by atoms with E-state index < -0.39 is 0 Å². The van der Waals surface area contributed by atoms with Crippen LogP contribution in [0.25, 0.3) is 0 Å². The Balaban J connectivity index is 2.74. The highest BCUT2D eigenvalue weighted by molar-refractivity contribution is 4.92. The largest absolute Gasteiger partial charge is 0.391 e. The lowest BCUT2D eigenvalue weighted by atomic mass is 9.67. The van der Waals surface area contributed by atoms with Gasteiger partial charge in [0.25, 0.3) is 0 Å². The molecule has 1 fully saturated rings. The first-order valence-electron chi connectivity index (χ1n) is 9.27. The molecule has 0 aromatic heterocycles. The first-order chi connectivity index (χ1) is 9.83. The average molecular weight is 298 g/mol. The number of hydrogen-bond acceptors (Lipinski definition) is 2.